The Morgan fingerprint density at radius 2 is 1.87 bits per heavy atom. The summed E-state index contributed by atoms with van der Waals surface area (Å²) in [5, 5.41) is 3.10. The van der Waals surface area contributed by atoms with Crippen LogP contribution in [0.3, 0.4) is 0 Å². The van der Waals surface area contributed by atoms with Gasteiger partial charge in [0, 0.05) is 28.8 Å². The molecule has 0 aliphatic carbocycles. The molecule has 3 rings (SSSR count). The average molecular weight is 390 g/mol. The van der Waals surface area contributed by atoms with Crippen LogP contribution in [0.25, 0.3) is 10.6 Å². The van der Waals surface area contributed by atoms with Crippen LogP contribution in [0.15, 0.2) is 46.5 Å². The lowest BCUT2D eigenvalue weighted by atomic mass is 9.93. The monoisotopic (exact) mass is 389 g/mol. The summed E-state index contributed by atoms with van der Waals surface area (Å²) in [6.07, 6.45) is 3.31. The Morgan fingerprint density at radius 1 is 1.13 bits per heavy atom. The van der Waals surface area contributed by atoms with E-state index in [1.807, 2.05) is 24.3 Å². The van der Waals surface area contributed by atoms with Gasteiger partial charge in [-0.15, -0.1) is 11.3 Å². The molecule has 0 bridgehead atoms. The van der Waals surface area contributed by atoms with Gasteiger partial charge in [0.2, 0.25) is 0 Å². The lowest BCUT2D eigenvalue weighted by Gasteiger charge is -2.14. The molecule has 0 aliphatic heterocycles. The van der Waals surface area contributed by atoms with Gasteiger partial charge in [-0.05, 0) is 28.1 Å². The highest BCUT2D eigenvalue weighted by atomic mass is 79.9. The Balaban J connectivity index is 1.85. The zero-order valence-corrected chi connectivity index (χ0v) is 15.5. The largest absolute Gasteiger partial charge is 0.424 e. The van der Waals surface area contributed by atoms with Crippen molar-refractivity contribution < 1.29 is 4.74 Å². The fraction of sp³-hybridized carbons (Fsp3) is 0.235. The summed E-state index contributed by atoms with van der Waals surface area (Å²) in [5.41, 5.74) is 2.17. The molecular weight excluding hydrogens is 374 g/mol. The second-order valence-electron chi connectivity index (χ2n) is 6.10. The first-order valence-electron chi connectivity index (χ1n) is 7.14. The van der Waals surface area contributed by atoms with Crippen molar-refractivity contribution in [3.05, 3.63) is 52.2 Å². The topological polar surface area (TPSA) is 47.9 Å². The summed E-state index contributed by atoms with van der Waals surface area (Å²) in [6, 6.07) is 8.13. The first-order valence-corrected chi connectivity index (χ1v) is 8.81. The van der Waals surface area contributed by atoms with Gasteiger partial charge in [0.25, 0.3) is 0 Å². The number of benzene rings is 1. The zero-order chi connectivity index (χ0) is 16.4. The van der Waals surface area contributed by atoms with Crippen molar-refractivity contribution in [2.45, 2.75) is 26.2 Å². The number of aromatic nitrogens is 3. The molecule has 4 nitrogen and oxygen atoms in total. The van der Waals surface area contributed by atoms with E-state index in [2.05, 4.69) is 52.0 Å². The van der Waals surface area contributed by atoms with E-state index in [1.165, 1.54) is 0 Å². The molecule has 0 aliphatic rings. The van der Waals surface area contributed by atoms with E-state index in [-0.39, 0.29) is 5.41 Å². The van der Waals surface area contributed by atoms with E-state index < -0.39 is 0 Å². The predicted octanol–water partition coefficient (Wildman–Crippen LogP) is 5.45. The van der Waals surface area contributed by atoms with Crippen molar-refractivity contribution in [1.29, 1.82) is 0 Å². The van der Waals surface area contributed by atoms with Crippen LogP contribution in [-0.2, 0) is 5.41 Å². The molecule has 3 aromatic rings. The normalized spacial score (nSPS) is 11.5. The van der Waals surface area contributed by atoms with Crippen molar-refractivity contribution in [1.82, 2.24) is 15.0 Å². The average Bonchev–Trinajstić information content (AvgIpc) is 3.00. The Kier molecular flexibility index (Phi) is 4.46. The highest BCUT2D eigenvalue weighted by Crippen LogP contribution is 2.32. The number of rotatable bonds is 3. The summed E-state index contributed by atoms with van der Waals surface area (Å²) >= 11 is 4.95. The highest BCUT2D eigenvalue weighted by molar-refractivity contribution is 9.10. The number of halogens is 1. The molecule has 0 radical (unpaired) electrons. The first kappa shape index (κ1) is 16.1. The third kappa shape index (κ3) is 3.95. The zero-order valence-electron chi connectivity index (χ0n) is 13.1. The molecule has 0 N–H and O–H groups in total. The molecule has 0 saturated carbocycles. The van der Waals surface area contributed by atoms with Gasteiger partial charge in [0.1, 0.15) is 10.8 Å². The number of hydrogen-bond donors (Lipinski definition) is 0. The maximum absolute atomic E-state index is 5.70. The first-order chi connectivity index (χ1) is 10.9. The van der Waals surface area contributed by atoms with Gasteiger partial charge < -0.3 is 4.74 Å². The molecule has 6 heteroatoms. The predicted molar refractivity (Wildman–Crippen MR) is 96.1 cm³/mol. The fourth-order valence-electron chi connectivity index (χ4n) is 1.90. The van der Waals surface area contributed by atoms with Crippen molar-refractivity contribution in [2.24, 2.45) is 0 Å². The standard InChI is InChI=1S/C17H16BrN3OS/c1-17(2,3)14-10-23-15(21-14)11-5-4-6-13(7-11)22-16-19-8-12(18)9-20-16/h4-10H,1-3H3. The number of nitrogens with zero attached hydrogens (tertiary/aromatic N) is 3. The molecule has 23 heavy (non-hydrogen) atoms. The molecule has 0 unspecified atom stereocenters. The van der Waals surface area contributed by atoms with Crippen LogP contribution in [0, 0.1) is 0 Å². The molecular formula is C17H16BrN3OS. The van der Waals surface area contributed by atoms with Crippen LogP contribution in [0.5, 0.6) is 11.8 Å². The van der Waals surface area contributed by atoms with E-state index in [4.69, 9.17) is 9.72 Å². The molecule has 0 spiro atoms. The van der Waals surface area contributed by atoms with E-state index in [9.17, 15) is 0 Å². The summed E-state index contributed by atoms with van der Waals surface area (Å²) in [4.78, 5) is 13.0. The quantitative estimate of drug-likeness (QED) is 0.597. The van der Waals surface area contributed by atoms with E-state index in [0.29, 0.717) is 11.8 Å². The second kappa shape index (κ2) is 6.37. The van der Waals surface area contributed by atoms with Gasteiger partial charge in [-0.1, -0.05) is 32.9 Å². The van der Waals surface area contributed by atoms with Gasteiger partial charge in [-0.25, -0.2) is 15.0 Å². The van der Waals surface area contributed by atoms with Gasteiger partial charge in [-0.3, -0.25) is 0 Å². The molecule has 118 valence electrons. The minimum Gasteiger partial charge on any atom is -0.424 e. The molecule has 0 atom stereocenters. The van der Waals surface area contributed by atoms with Gasteiger partial charge >= 0.3 is 6.01 Å². The summed E-state index contributed by atoms with van der Waals surface area (Å²) in [6.45, 7) is 6.49. The Morgan fingerprint density at radius 3 is 2.52 bits per heavy atom. The minimum absolute atomic E-state index is 0.0497. The highest BCUT2D eigenvalue weighted by Gasteiger charge is 2.18. The van der Waals surface area contributed by atoms with Gasteiger partial charge in [-0.2, -0.15) is 0 Å². The smallest absolute Gasteiger partial charge is 0.321 e. The maximum Gasteiger partial charge on any atom is 0.321 e. The Bertz CT molecular complexity index is 809. The van der Waals surface area contributed by atoms with Crippen LogP contribution in [0.1, 0.15) is 26.5 Å². The van der Waals surface area contributed by atoms with E-state index in [1.54, 1.807) is 23.7 Å². The lowest BCUT2D eigenvalue weighted by Crippen LogP contribution is -2.11. The van der Waals surface area contributed by atoms with Crippen molar-refractivity contribution in [3.63, 3.8) is 0 Å². The van der Waals surface area contributed by atoms with Crippen LogP contribution in [-0.4, -0.2) is 15.0 Å². The molecule has 1 aromatic carbocycles. The SMILES string of the molecule is CC(C)(C)c1csc(-c2cccc(Oc3ncc(Br)cn3)c2)n1. The molecule has 2 heterocycles. The summed E-state index contributed by atoms with van der Waals surface area (Å²) < 4.78 is 6.52. The fourth-order valence-corrected chi connectivity index (χ4v) is 3.15. The molecule has 0 amide bonds. The maximum atomic E-state index is 5.70. The van der Waals surface area contributed by atoms with Crippen LogP contribution in [0.4, 0.5) is 0 Å². The summed E-state index contributed by atoms with van der Waals surface area (Å²) in [5.74, 6) is 0.692. The van der Waals surface area contributed by atoms with Crippen molar-refractivity contribution in [2.75, 3.05) is 0 Å². The number of thiazole rings is 1. The number of ether oxygens (including phenoxy) is 1. The minimum atomic E-state index is 0.0497. The Labute approximate surface area is 147 Å². The van der Waals surface area contributed by atoms with Gasteiger partial charge in [0.15, 0.2) is 0 Å². The van der Waals surface area contributed by atoms with Crippen LogP contribution >= 0.6 is 27.3 Å². The van der Waals surface area contributed by atoms with Crippen LogP contribution < -0.4 is 4.74 Å². The molecule has 0 fully saturated rings. The molecule has 2 aromatic heterocycles. The van der Waals surface area contributed by atoms with E-state index in [0.717, 1.165) is 20.7 Å². The third-order valence-electron chi connectivity index (χ3n) is 3.16. The summed E-state index contributed by atoms with van der Waals surface area (Å²) in [7, 11) is 0. The van der Waals surface area contributed by atoms with Gasteiger partial charge in [0.05, 0.1) is 10.2 Å². The van der Waals surface area contributed by atoms with Crippen molar-refractivity contribution >= 4 is 27.3 Å². The molecule has 0 saturated heterocycles. The number of hydrogen-bond acceptors (Lipinski definition) is 5. The third-order valence-corrected chi connectivity index (χ3v) is 4.46. The lowest BCUT2D eigenvalue weighted by molar-refractivity contribution is 0.441. The van der Waals surface area contributed by atoms with Crippen molar-refractivity contribution in [3.8, 4) is 22.3 Å². The van der Waals surface area contributed by atoms with E-state index >= 15 is 0 Å². The Hall–Kier alpha value is -1.79. The van der Waals surface area contributed by atoms with Crippen LogP contribution in [0.2, 0.25) is 0 Å². The second-order valence-corrected chi connectivity index (χ2v) is 7.88.